The summed E-state index contributed by atoms with van der Waals surface area (Å²) in [5.74, 6) is 4.84. The van der Waals surface area contributed by atoms with E-state index in [1.54, 1.807) is 32.1 Å². The van der Waals surface area contributed by atoms with Crippen LogP contribution in [-0.4, -0.2) is 11.1 Å². The second-order valence-electron chi connectivity index (χ2n) is 6.59. The van der Waals surface area contributed by atoms with E-state index in [1.807, 2.05) is 0 Å². The molecule has 102 valence electrons. The van der Waals surface area contributed by atoms with Gasteiger partial charge < -0.3 is 5.11 Å². The molecule has 0 unspecified atom stereocenters. The fourth-order valence-corrected chi connectivity index (χ4v) is 4.70. The molecule has 18 heavy (non-hydrogen) atoms. The molecule has 0 saturated heterocycles. The average molecular weight is 250 g/mol. The standard InChI is InChI=1S/C12H20.C4H6O2/c1-2-12-10-4-8-3-9(6-10)7-11(12)5-8;1-3(2)4(5)6/h8-12H,2-7H2,1H3;1H2,2H3,(H,5,6). The molecular weight excluding hydrogens is 224 g/mol. The molecule has 4 saturated carbocycles. The smallest absolute Gasteiger partial charge is 0.330 e. The first-order chi connectivity index (χ1) is 8.51. The van der Waals surface area contributed by atoms with E-state index in [2.05, 4.69) is 13.5 Å². The van der Waals surface area contributed by atoms with Gasteiger partial charge in [0.25, 0.3) is 0 Å². The molecular formula is C16H26O2. The van der Waals surface area contributed by atoms with Crippen LogP contribution in [0.1, 0.15) is 52.4 Å². The third kappa shape index (κ3) is 2.78. The summed E-state index contributed by atoms with van der Waals surface area (Å²) >= 11 is 0. The number of carboxylic acid groups (broad SMARTS) is 1. The van der Waals surface area contributed by atoms with Crippen LogP contribution in [0.5, 0.6) is 0 Å². The van der Waals surface area contributed by atoms with Crippen LogP contribution in [0, 0.1) is 29.6 Å². The van der Waals surface area contributed by atoms with Crippen molar-refractivity contribution in [2.75, 3.05) is 0 Å². The molecule has 4 aliphatic rings. The zero-order valence-corrected chi connectivity index (χ0v) is 11.7. The highest BCUT2D eigenvalue weighted by molar-refractivity contribution is 5.84. The van der Waals surface area contributed by atoms with Crippen LogP contribution in [0.4, 0.5) is 0 Å². The van der Waals surface area contributed by atoms with Gasteiger partial charge in [-0.25, -0.2) is 4.79 Å². The highest BCUT2D eigenvalue weighted by atomic mass is 16.4. The first-order valence-electron chi connectivity index (χ1n) is 7.40. The van der Waals surface area contributed by atoms with Gasteiger partial charge in [0, 0.05) is 5.57 Å². The maximum Gasteiger partial charge on any atom is 0.330 e. The first kappa shape index (κ1) is 13.6. The predicted octanol–water partition coefficient (Wildman–Crippen LogP) is 4.12. The van der Waals surface area contributed by atoms with Crippen molar-refractivity contribution in [2.24, 2.45) is 29.6 Å². The third-order valence-electron chi connectivity index (χ3n) is 5.26. The molecule has 4 rings (SSSR count). The number of rotatable bonds is 2. The quantitative estimate of drug-likeness (QED) is 0.749. The number of hydrogen-bond acceptors (Lipinski definition) is 1. The Labute approximate surface area is 110 Å². The van der Waals surface area contributed by atoms with E-state index in [1.165, 1.54) is 13.3 Å². The minimum absolute atomic E-state index is 0.176. The van der Waals surface area contributed by atoms with E-state index in [4.69, 9.17) is 5.11 Å². The van der Waals surface area contributed by atoms with Crippen molar-refractivity contribution < 1.29 is 9.90 Å². The van der Waals surface area contributed by atoms with Gasteiger partial charge in [-0.2, -0.15) is 0 Å². The Morgan fingerprint density at radius 2 is 1.50 bits per heavy atom. The maximum absolute atomic E-state index is 9.60. The van der Waals surface area contributed by atoms with Gasteiger partial charge in [-0.1, -0.05) is 19.9 Å². The molecule has 0 aromatic carbocycles. The average Bonchev–Trinajstić information content (AvgIpc) is 2.28. The van der Waals surface area contributed by atoms with Gasteiger partial charge in [-0.3, -0.25) is 0 Å². The Morgan fingerprint density at radius 3 is 1.78 bits per heavy atom. The summed E-state index contributed by atoms with van der Waals surface area (Å²) in [5, 5.41) is 7.89. The fraction of sp³-hybridized carbons (Fsp3) is 0.812. The largest absolute Gasteiger partial charge is 0.478 e. The van der Waals surface area contributed by atoms with Crippen LogP contribution in [-0.2, 0) is 4.79 Å². The van der Waals surface area contributed by atoms with Gasteiger partial charge in [0.15, 0.2) is 0 Å². The predicted molar refractivity (Wildman–Crippen MR) is 73.3 cm³/mol. The van der Waals surface area contributed by atoms with E-state index in [9.17, 15) is 4.79 Å². The number of carbonyl (C=O) groups is 1. The van der Waals surface area contributed by atoms with Crippen LogP contribution in [0.2, 0.25) is 0 Å². The van der Waals surface area contributed by atoms with E-state index in [-0.39, 0.29) is 5.57 Å². The Kier molecular flexibility index (Phi) is 4.14. The zero-order chi connectivity index (χ0) is 13.3. The van der Waals surface area contributed by atoms with Crippen molar-refractivity contribution in [1.82, 2.24) is 0 Å². The minimum atomic E-state index is -0.935. The Balaban J connectivity index is 0.000000174. The molecule has 0 radical (unpaired) electrons. The third-order valence-corrected chi connectivity index (χ3v) is 5.26. The molecule has 2 heteroatoms. The first-order valence-corrected chi connectivity index (χ1v) is 7.40. The number of hydrogen-bond donors (Lipinski definition) is 1. The van der Waals surface area contributed by atoms with Crippen LogP contribution in [0.15, 0.2) is 12.2 Å². The Morgan fingerprint density at radius 1 is 1.11 bits per heavy atom. The molecule has 4 aliphatic carbocycles. The van der Waals surface area contributed by atoms with Crippen LogP contribution < -0.4 is 0 Å². The fourth-order valence-electron chi connectivity index (χ4n) is 4.70. The lowest BCUT2D eigenvalue weighted by atomic mass is 9.51. The summed E-state index contributed by atoms with van der Waals surface area (Å²) in [6.07, 6.45) is 9.48. The summed E-state index contributed by atoms with van der Waals surface area (Å²) < 4.78 is 0. The number of carboxylic acids is 1. The van der Waals surface area contributed by atoms with Crippen molar-refractivity contribution >= 4 is 5.97 Å². The van der Waals surface area contributed by atoms with Crippen molar-refractivity contribution in [3.63, 3.8) is 0 Å². The Hall–Kier alpha value is -0.790. The number of aliphatic carboxylic acids is 1. The summed E-state index contributed by atoms with van der Waals surface area (Å²) in [5.41, 5.74) is 0.176. The summed E-state index contributed by atoms with van der Waals surface area (Å²) in [4.78, 5) is 9.60. The SMILES string of the molecule is C=C(C)C(=O)O.CCC1C2CC3CC(C2)CC1C3. The van der Waals surface area contributed by atoms with Crippen molar-refractivity contribution in [3.8, 4) is 0 Å². The summed E-state index contributed by atoms with van der Waals surface area (Å²) in [6, 6.07) is 0. The van der Waals surface area contributed by atoms with Gasteiger partial charge in [-0.15, -0.1) is 0 Å². The molecule has 0 aromatic rings. The van der Waals surface area contributed by atoms with E-state index >= 15 is 0 Å². The van der Waals surface area contributed by atoms with E-state index in [0.29, 0.717) is 0 Å². The van der Waals surface area contributed by atoms with Gasteiger partial charge in [-0.05, 0) is 68.6 Å². The van der Waals surface area contributed by atoms with Crippen molar-refractivity contribution in [1.29, 1.82) is 0 Å². The lowest BCUT2D eigenvalue weighted by Gasteiger charge is -2.54. The molecule has 4 bridgehead atoms. The Bertz CT molecular complexity index is 292. The summed E-state index contributed by atoms with van der Waals surface area (Å²) in [7, 11) is 0. The van der Waals surface area contributed by atoms with E-state index < -0.39 is 5.97 Å². The van der Waals surface area contributed by atoms with Crippen LogP contribution >= 0.6 is 0 Å². The molecule has 1 N–H and O–H groups in total. The molecule has 0 spiro atoms. The second kappa shape index (κ2) is 5.46. The monoisotopic (exact) mass is 250 g/mol. The minimum Gasteiger partial charge on any atom is -0.478 e. The second-order valence-corrected chi connectivity index (χ2v) is 6.59. The van der Waals surface area contributed by atoms with Crippen molar-refractivity contribution in [2.45, 2.75) is 52.4 Å². The van der Waals surface area contributed by atoms with Crippen molar-refractivity contribution in [3.05, 3.63) is 12.2 Å². The molecule has 0 atom stereocenters. The maximum atomic E-state index is 9.60. The topological polar surface area (TPSA) is 37.3 Å². The molecule has 2 nitrogen and oxygen atoms in total. The highest BCUT2D eigenvalue weighted by Gasteiger charge is 2.47. The van der Waals surface area contributed by atoms with Gasteiger partial charge in [0.05, 0.1) is 0 Å². The molecule has 0 aromatic heterocycles. The van der Waals surface area contributed by atoms with Gasteiger partial charge in [0.2, 0.25) is 0 Å². The summed E-state index contributed by atoms with van der Waals surface area (Å²) in [6.45, 7) is 7.01. The molecule has 0 heterocycles. The van der Waals surface area contributed by atoms with Gasteiger partial charge in [0.1, 0.15) is 0 Å². The lowest BCUT2D eigenvalue weighted by molar-refractivity contribution is -0.132. The normalized spacial score (nSPS) is 40.0. The highest BCUT2D eigenvalue weighted by Crippen LogP contribution is 2.57. The van der Waals surface area contributed by atoms with Gasteiger partial charge >= 0.3 is 5.97 Å². The molecule has 4 fully saturated rings. The van der Waals surface area contributed by atoms with E-state index in [0.717, 1.165) is 29.6 Å². The molecule has 0 amide bonds. The van der Waals surface area contributed by atoms with Crippen LogP contribution in [0.3, 0.4) is 0 Å². The molecule has 0 aliphatic heterocycles. The van der Waals surface area contributed by atoms with Crippen LogP contribution in [0.25, 0.3) is 0 Å². The lowest BCUT2D eigenvalue weighted by Crippen LogP contribution is -2.44. The zero-order valence-electron chi connectivity index (χ0n) is 11.7.